The van der Waals surface area contributed by atoms with Gasteiger partial charge in [0, 0.05) is 27.5 Å². The summed E-state index contributed by atoms with van der Waals surface area (Å²) in [4.78, 5) is 30.7. The lowest BCUT2D eigenvalue weighted by Crippen LogP contribution is -2.22. The van der Waals surface area contributed by atoms with Crippen molar-refractivity contribution in [2.75, 3.05) is 57.7 Å². The number of hydrogen-bond donors (Lipinski definition) is 2. The van der Waals surface area contributed by atoms with Crippen molar-refractivity contribution in [3.8, 4) is 35.7 Å². The molecule has 0 spiro atoms. The van der Waals surface area contributed by atoms with Crippen LogP contribution in [0.15, 0.2) is 99.0 Å². The molecule has 2 saturated heterocycles. The molecule has 4 aromatic carbocycles. The minimum absolute atomic E-state index is 0.0684. The van der Waals surface area contributed by atoms with Crippen LogP contribution >= 0.6 is 15.9 Å². The zero-order valence-corrected chi connectivity index (χ0v) is 37.4. The van der Waals surface area contributed by atoms with Gasteiger partial charge in [-0.1, -0.05) is 40.2 Å². The normalized spacial score (nSPS) is 13.5. The monoisotopic (exact) mass is 902 g/mol. The molecule has 0 radical (unpaired) electrons. The highest BCUT2D eigenvalue weighted by molar-refractivity contribution is 9.10. The minimum atomic E-state index is -0.397. The van der Waals surface area contributed by atoms with Gasteiger partial charge in [0.1, 0.15) is 23.3 Å². The van der Waals surface area contributed by atoms with E-state index in [4.69, 9.17) is 5.73 Å². The number of aryl methyl sites for hydroxylation is 2. The van der Waals surface area contributed by atoms with Crippen LogP contribution in [0.2, 0.25) is 0 Å². The molecule has 0 saturated carbocycles. The number of likely N-dealkylation sites (tertiary alicyclic amines) is 2. The molecule has 0 amide bonds. The van der Waals surface area contributed by atoms with E-state index in [2.05, 4.69) is 43.2 Å². The number of nitrogens with one attached hydrogen (secondary N) is 1. The summed E-state index contributed by atoms with van der Waals surface area (Å²) in [6, 6.07) is 33.4. The molecule has 2 fully saturated rings. The van der Waals surface area contributed by atoms with Crippen molar-refractivity contribution in [2.24, 2.45) is 5.73 Å². The molecular formula is C50H51BrN10O2. The van der Waals surface area contributed by atoms with E-state index in [-0.39, 0.29) is 16.7 Å². The maximum absolute atomic E-state index is 13.0. The second kappa shape index (κ2) is 22.0. The highest BCUT2D eigenvalue weighted by atomic mass is 79.9. The quantitative estimate of drug-likeness (QED) is 0.127. The van der Waals surface area contributed by atoms with E-state index >= 15 is 0 Å². The Bertz CT molecular complexity index is 2900. The number of halogens is 1. The Kier molecular flexibility index (Phi) is 16.0. The van der Waals surface area contributed by atoms with E-state index in [0.29, 0.717) is 33.5 Å². The van der Waals surface area contributed by atoms with Gasteiger partial charge in [0.25, 0.3) is 11.1 Å². The number of aromatic nitrogens is 2. The largest absolute Gasteiger partial charge is 0.385 e. The number of rotatable bonds is 10. The molecule has 2 aliphatic rings. The van der Waals surface area contributed by atoms with Gasteiger partial charge < -0.3 is 20.9 Å². The van der Waals surface area contributed by atoms with Gasteiger partial charge in [0.15, 0.2) is 0 Å². The third kappa shape index (κ3) is 11.3. The van der Waals surface area contributed by atoms with Crippen LogP contribution in [0, 0.1) is 59.2 Å². The van der Waals surface area contributed by atoms with Crippen molar-refractivity contribution >= 4 is 43.4 Å². The number of benzene rings is 4. The van der Waals surface area contributed by atoms with Gasteiger partial charge in [0.05, 0.1) is 45.7 Å². The van der Waals surface area contributed by atoms with Gasteiger partial charge in [-0.05, 0) is 170 Å². The number of pyridine rings is 2. The van der Waals surface area contributed by atoms with Gasteiger partial charge in [-0.2, -0.15) is 21.0 Å². The molecule has 0 bridgehead atoms. The van der Waals surface area contributed by atoms with Gasteiger partial charge in [-0.15, -0.1) is 0 Å². The SMILES string of the molecule is Cc1ccc(-n2c(=O)c(C#N)cc3ccc(Br)cc32)cc1C#N.Cc1ccc(-n2c(=O)c(C#N)cc3ccc(NCCCN4CCCC4)cc32)cc1C#N.NCCCN1CCCC1. The summed E-state index contributed by atoms with van der Waals surface area (Å²) >= 11 is 3.41. The van der Waals surface area contributed by atoms with Crippen LogP contribution in [-0.2, 0) is 0 Å². The number of nitrogens with zero attached hydrogens (tertiary/aromatic N) is 8. The Morgan fingerprint density at radius 1 is 0.587 bits per heavy atom. The summed E-state index contributed by atoms with van der Waals surface area (Å²) in [7, 11) is 0. The summed E-state index contributed by atoms with van der Waals surface area (Å²) in [5, 5.41) is 42.4. The van der Waals surface area contributed by atoms with Gasteiger partial charge in [-0.3, -0.25) is 18.7 Å². The molecule has 2 aromatic heterocycles. The van der Waals surface area contributed by atoms with Crippen LogP contribution in [0.5, 0.6) is 0 Å². The number of fused-ring (bicyclic) bond motifs is 2. The summed E-state index contributed by atoms with van der Waals surface area (Å²) in [6.45, 7) is 12.7. The average Bonchev–Trinajstić information content (AvgIpc) is 4.03. The molecule has 8 rings (SSSR count). The molecular weight excluding hydrogens is 853 g/mol. The van der Waals surface area contributed by atoms with Gasteiger partial charge in [-0.25, -0.2) is 0 Å². The lowest BCUT2D eigenvalue weighted by atomic mass is 10.1. The van der Waals surface area contributed by atoms with Gasteiger partial charge in [0.2, 0.25) is 0 Å². The topological polar surface area (TPSA) is 184 Å². The van der Waals surface area contributed by atoms with Crippen molar-refractivity contribution in [1.82, 2.24) is 18.9 Å². The van der Waals surface area contributed by atoms with Crippen LogP contribution in [0.4, 0.5) is 5.69 Å². The molecule has 2 aliphatic heterocycles. The number of nitriles is 4. The zero-order valence-electron chi connectivity index (χ0n) is 35.8. The fourth-order valence-corrected chi connectivity index (χ4v) is 8.32. The summed E-state index contributed by atoms with van der Waals surface area (Å²) in [5.41, 5.74) is 10.9. The van der Waals surface area contributed by atoms with Crippen LogP contribution in [0.25, 0.3) is 33.2 Å². The summed E-state index contributed by atoms with van der Waals surface area (Å²) in [6.07, 6.45) is 7.61. The van der Waals surface area contributed by atoms with E-state index in [1.54, 1.807) is 36.4 Å². The van der Waals surface area contributed by atoms with E-state index < -0.39 is 5.56 Å². The molecule has 3 N–H and O–H groups in total. The third-order valence-corrected chi connectivity index (χ3v) is 12.0. The predicted octanol–water partition coefficient (Wildman–Crippen LogP) is 8.18. The van der Waals surface area contributed by atoms with Crippen LogP contribution in [-0.4, -0.2) is 71.3 Å². The Hall–Kier alpha value is -6.58. The Morgan fingerprint density at radius 2 is 1.05 bits per heavy atom. The molecule has 0 unspecified atom stereocenters. The number of anilines is 1. The van der Waals surface area contributed by atoms with E-state index in [1.807, 2.05) is 74.5 Å². The second-order valence-electron chi connectivity index (χ2n) is 15.8. The standard InChI is InChI=1S/C25H25N5O.C18H10BrN3O.C7H16N2/c1-18-5-8-23(14-20(18)16-26)30-24-15-22(28-9-4-12-29-10-2-3-11-29)7-6-19(24)13-21(17-27)25(30)31;1-11-2-5-16(7-13(11)9-20)22-17-8-15(19)4-3-12(17)6-14(10-21)18(22)23;8-4-3-7-9-5-1-2-6-9/h5-8,13-15,28H,2-4,9-12H2,1H3;2-8H,1H3;1-8H2. The first-order valence-corrected chi connectivity index (χ1v) is 22.1. The Morgan fingerprint density at radius 3 is 1.52 bits per heavy atom. The maximum atomic E-state index is 13.0. The molecule has 4 heterocycles. The Labute approximate surface area is 376 Å². The van der Waals surface area contributed by atoms with Crippen LogP contribution in [0.3, 0.4) is 0 Å². The lowest BCUT2D eigenvalue weighted by molar-refractivity contribution is 0.336. The second-order valence-corrected chi connectivity index (χ2v) is 16.8. The molecule has 0 atom stereocenters. The molecule has 320 valence electrons. The fourth-order valence-electron chi connectivity index (χ4n) is 7.97. The Balaban J connectivity index is 0.000000180. The van der Waals surface area contributed by atoms with Crippen LogP contribution < -0.4 is 22.2 Å². The first-order chi connectivity index (χ1) is 30.6. The first kappa shape index (κ1) is 45.9. The fraction of sp³-hybridized carbons (Fsp3) is 0.320. The van der Waals surface area contributed by atoms with Crippen molar-refractivity contribution in [2.45, 2.75) is 52.4 Å². The predicted molar refractivity (Wildman–Crippen MR) is 253 cm³/mol. The van der Waals surface area contributed by atoms with Crippen molar-refractivity contribution < 1.29 is 0 Å². The van der Waals surface area contributed by atoms with E-state index in [0.717, 1.165) is 58.1 Å². The van der Waals surface area contributed by atoms with Crippen LogP contribution in [0.1, 0.15) is 71.9 Å². The van der Waals surface area contributed by atoms with Crippen molar-refractivity contribution in [3.63, 3.8) is 0 Å². The lowest BCUT2D eigenvalue weighted by Gasteiger charge is -2.16. The molecule has 63 heavy (non-hydrogen) atoms. The molecule has 12 nitrogen and oxygen atoms in total. The number of hydrogen-bond acceptors (Lipinski definition) is 10. The van der Waals surface area contributed by atoms with Crippen molar-refractivity contribution in [3.05, 3.63) is 143 Å². The number of nitrogens with two attached hydrogens (primary N) is 1. The maximum Gasteiger partial charge on any atom is 0.273 e. The highest BCUT2D eigenvalue weighted by Gasteiger charge is 2.15. The van der Waals surface area contributed by atoms with E-state index in [1.165, 1.54) is 74.0 Å². The van der Waals surface area contributed by atoms with E-state index in [9.17, 15) is 30.6 Å². The summed E-state index contributed by atoms with van der Waals surface area (Å²) in [5.74, 6) is 0. The third-order valence-electron chi connectivity index (χ3n) is 11.5. The molecule has 0 aliphatic carbocycles. The van der Waals surface area contributed by atoms with Gasteiger partial charge >= 0.3 is 0 Å². The highest BCUT2D eigenvalue weighted by Crippen LogP contribution is 2.25. The first-order valence-electron chi connectivity index (χ1n) is 21.3. The molecule has 13 heteroatoms. The summed E-state index contributed by atoms with van der Waals surface area (Å²) < 4.78 is 3.83. The molecule has 6 aromatic rings. The zero-order chi connectivity index (χ0) is 44.9. The minimum Gasteiger partial charge on any atom is -0.385 e. The smallest absolute Gasteiger partial charge is 0.273 e. The van der Waals surface area contributed by atoms with Crippen molar-refractivity contribution in [1.29, 1.82) is 21.0 Å². The average molecular weight is 904 g/mol.